The van der Waals surface area contributed by atoms with E-state index in [1.54, 1.807) is 24.3 Å². The van der Waals surface area contributed by atoms with E-state index in [1.165, 1.54) is 31.0 Å². The Hall–Kier alpha value is -2.58. The van der Waals surface area contributed by atoms with Crippen LogP contribution in [0.25, 0.3) is 0 Å². The number of ether oxygens (including phenoxy) is 1. The minimum Gasteiger partial charge on any atom is -0.490 e. The minimum absolute atomic E-state index is 0.00990. The summed E-state index contributed by atoms with van der Waals surface area (Å²) in [6.07, 6.45) is 2.36. The van der Waals surface area contributed by atoms with Crippen molar-refractivity contribution in [3.8, 4) is 5.75 Å². The summed E-state index contributed by atoms with van der Waals surface area (Å²) in [4.78, 5) is 13.6. The van der Waals surface area contributed by atoms with E-state index in [0.717, 1.165) is 19.6 Å². The lowest BCUT2D eigenvalue weighted by Gasteiger charge is -2.17. The molecule has 1 aliphatic rings. The van der Waals surface area contributed by atoms with E-state index in [1.807, 2.05) is 6.07 Å². The Morgan fingerprint density at radius 3 is 2.50 bits per heavy atom. The van der Waals surface area contributed by atoms with Crippen molar-refractivity contribution in [2.45, 2.75) is 18.6 Å². The van der Waals surface area contributed by atoms with Crippen LogP contribution in [0.2, 0.25) is 0 Å². The molecule has 7 nitrogen and oxygen atoms in total. The zero-order chi connectivity index (χ0) is 20.0. The lowest BCUT2D eigenvalue weighted by Crippen LogP contribution is -2.25. The van der Waals surface area contributed by atoms with Gasteiger partial charge in [0.15, 0.2) is 0 Å². The predicted octanol–water partition coefficient (Wildman–Crippen LogP) is 2.80. The smallest absolute Gasteiger partial charge is 0.335 e. The standard InChI is InChI=1S/C20H24N2O5S/c23-20(24)17-8-9-19(27-13-12-22-10-4-5-11-22)18(14-17)21-28(25,26)15-16-6-2-1-3-7-16/h1-3,6-9,14,21H,4-5,10-13,15H2,(H,23,24). The third-order valence-corrected chi connectivity index (χ3v) is 5.80. The monoisotopic (exact) mass is 404 g/mol. The van der Waals surface area contributed by atoms with Gasteiger partial charge in [0.1, 0.15) is 12.4 Å². The fourth-order valence-electron chi connectivity index (χ4n) is 3.16. The first kappa shape index (κ1) is 20.2. The lowest BCUT2D eigenvalue weighted by molar-refractivity contribution is 0.0697. The summed E-state index contributed by atoms with van der Waals surface area (Å²) in [6.45, 7) is 3.23. The van der Waals surface area contributed by atoms with Crippen molar-refractivity contribution in [1.82, 2.24) is 4.90 Å². The van der Waals surface area contributed by atoms with Crippen LogP contribution < -0.4 is 9.46 Å². The summed E-state index contributed by atoms with van der Waals surface area (Å²) in [5.41, 5.74) is 0.766. The molecule has 0 unspecified atom stereocenters. The zero-order valence-electron chi connectivity index (χ0n) is 15.5. The highest BCUT2D eigenvalue weighted by molar-refractivity contribution is 7.91. The summed E-state index contributed by atoms with van der Waals surface area (Å²) >= 11 is 0. The first-order valence-corrected chi connectivity index (χ1v) is 10.8. The van der Waals surface area contributed by atoms with Gasteiger partial charge < -0.3 is 9.84 Å². The molecule has 2 aromatic rings. The highest BCUT2D eigenvalue weighted by Crippen LogP contribution is 2.28. The Kier molecular flexibility index (Phi) is 6.53. The molecule has 8 heteroatoms. The molecule has 0 amide bonds. The molecule has 0 saturated carbocycles. The predicted molar refractivity (Wildman–Crippen MR) is 107 cm³/mol. The van der Waals surface area contributed by atoms with E-state index in [0.29, 0.717) is 17.9 Å². The van der Waals surface area contributed by atoms with Gasteiger partial charge in [0.25, 0.3) is 0 Å². The Labute approximate surface area is 165 Å². The number of carboxylic acid groups (broad SMARTS) is 1. The van der Waals surface area contributed by atoms with E-state index in [2.05, 4.69) is 9.62 Å². The number of likely N-dealkylation sites (tertiary alicyclic amines) is 1. The fraction of sp³-hybridized carbons (Fsp3) is 0.350. The normalized spacial score (nSPS) is 14.7. The van der Waals surface area contributed by atoms with Crippen molar-refractivity contribution in [3.05, 3.63) is 59.7 Å². The summed E-state index contributed by atoms with van der Waals surface area (Å²) in [6, 6.07) is 13.0. The van der Waals surface area contributed by atoms with Gasteiger partial charge in [-0.3, -0.25) is 9.62 Å². The van der Waals surface area contributed by atoms with Gasteiger partial charge in [0, 0.05) is 6.54 Å². The van der Waals surface area contributed by atoms with Crippen LogP contribution in [0.4, 0.5) is 5.69 Å². The van der Waals surface area contributed by atoms with Crippen LogP contribution in [0, 0.1) is 0 Å². The number of nitrogens with one attached hydrogen (secondary N) is 1. The lowest BCUT2D eigenvalue weighted by atomic mass is 10.2. The molecule has 0 aromatic heterocycles. The average Bonchev–Trinajstić information content (AvgIpc) is 3.16. The first-order chi connectivity index (χ1) is 13.4. The zero-order valence-corrected chi connectivity index (χ0v) is 16.3. The molecular formula is C20H24N2O5S. The summed E-state index contributed by atoms with van der Waals surface area (Å²) in [7, 11) is -3.73. The number of nitrogens with zero attached hydrogens (tertiary/aromatic N) is 1. The summed E-state index contributed by atoms with van der Waals surface area (Å²) < 4.78 is 33.4. The first-order valence-electron chi connectivity index (χ1n) is 9.20. The van der Waals surface area contributed by atoms with Crippen LogP contribution in [0.1, 0.15) is 28.8 Å². The number of aromatic carboxylic acids is 1. The van der Waals surface area contributed by atoms with E-state index < -0.39 is 16.0 Å². The second kappa shape index (κ2) is 9.07. The number of sulfonamides is 1. The number of hydrogen-bond acceptors (Lipinski definition) is 5. The van der Waals surface area contributed by atoms with Crippen molar-refractivity contribution < 1.29 is 23.1 Å². The summed E-state index contributed by atoms with van der Waals surface area (Å²) in [5, 5.41) is 9.23. The van der Waals surface area contributed by atoms with E-state index in [4.69, 9.17) is 4.74 Å². The van der Waals surface area contributed by atoms with E-state index in [-0.39, 0.29) is 17.0 Å². The van der Waals surface area contributed by atoms with Gasteiger partial charge >= 0.3 is 5.97 Å². The molecule has 1 saturated heterocycles. The molecule has 0 radical (unpaired) electrons. The van der Waals surface area contributed by atoms with Gasteiger partial charge in [0.05, 0.1) is 17.0 Å². The summed E-state index contributed by atoms with van der Waals surface area (Å²) in [5.74, 6) is -1.02. The molecule has 2 N–H and O–H groups in total. The highest BCUT2D eigenvalue weighted by atomic mass is 32.2. The fourth-order valence-corrected chi connectivity index (χ4v) is 4.35. The van der Waals surface area contributed by atoms with Crippen LogP contribution in [0.3, 0.4) is 0 Å². The molecule has 28 heavy (non-hydrogen) atoms. The number of anilines is 1. The van der Waals surface area contributed by atoms with Crippen LogP contribution >= 0.6 is 0 Å². The van der Waals surface area contributed by atoms with Crippen LogP contribution in [-0.4, -0.2) is 50.6 Å². The Morgan fingerprint density at radius 2 is 1.82 bits per heavy atom. The van der Waals surface area contributed by atoms with Gasteiger partial charge in [-0.05, 0) is 49.7 Å². The Morgan fingerprint density at radius 1 is 1.11 bits per heavy atom. The molecule has 0 aliphatic carbocycles. The van der Waals surface area contributed by atoms with Crippen molar-refractivity contribution in [3.63, 3.8) is 0 Å². The maximum absolute atomic E-state index is 12.6. The molecule has 1 heterocycles. The molecule has 2 aromatic carbocycles. The van der Waals surface area contributed by atoms with E-state index in [9.17, 15) is 18.3 Å². The second-order valence-electron chi connectivity index (χ2n) is 6.76. The van der Waals surface area contributed by atoms with Gasteiger partial charge in [-0.25, -0.2) is 13.2 Å². The maximum Gasteiger partial charge on any atom is 0.335 e. The quantitative estimate of drug-likeness (QED) is 0.667. The van der Waals surface area contributed by atoms with Gasteiger partial charge in [-0.15, -0.1) is 0 Å². The molecular weight excluding hydrogens is 380 g/mol. The Bertz CT molecular complexity index is 909. The third-order valence-electron chi connectivity index (χ3n) is 4.56. The molecule has 0 bridgehead atoms. The molecule has 0 atom stereocenters. The van der Waals surface area contributed by atoms with Gasteiger partial charge in [-0.2, -0.15) is 0 Å². The molecule has 3 rings (SSSR count). The topological polar surface area (TPSA) is 95.9 Å². The SMILES string of the molecule is O=C(O)c1ccc(OCCN2CCCC2)c(NS(=O)(=O)Cc2ccccc2)c1. The number of carbonyl (C=O) groups is 1. The molecule has 1 aliphatic heterocycles. The molecule has 1 fully saturated rings. The van der Waals surface area contributed by atoms with Crippen molar-refractivity contribution in [2.75, 3.05) is 31.0 Å². The van der Waals surface area contributed by atoms with Crippen molar-refractivity contribution in [1.29, 1.82) is 0 Å². The average molecular weight is 404 g/mol. The van der Waals surface area contributed by atoms with Crippen LogP contribution in [-0.2, 0) is 15.8 Å². The second-order valence-corrected chi connectivity index (χ2v) is 8.48. The van der Waals surface area contributed by atoms with Crippen LogP contribution in [0.15, 0.2) is 48.5 Å². The molecule has 150 valence electrons. The van der Waals surface area contributed by atoms with Crippen molar-refractivity contribution in [2.24, 2.45) is 0 Å². The van der Waals surface area contributed by atoms with Crippen LogP contribution in [0.5, 0.6) is 5.75 Å². The van der Waals surface area contributed by atoms with Gasteiger partial charge in [0.2, 0.25) is 10.0 Å². The Balaban J connectivity index is 1.74. The van der Waals surface area contributed by atoms with E-state index >= 15 is 0 Å². The molecule has 0 spiro atoms. The minimum atomic E-state index is -3.73. The number of benzene rings is 2. The largest absolute Gasteiger partial charge is 0.490 e. The third kappa shape index (κ3) is 5.71. The number of hydrogen-bond donors (Lipinski definition) is 2. The number of carboxylic acids is 1. The highest BCUT2D eigenvalue weighted by Gasteiger charge is 2.18. The number of rotatable bonds is 9. The van der Waals surface area contributed by atoms with Gasteiger partial charge in [-0.1, -0.05) is 30.3 Å². The van der Waals surface area contributed by atoms with Crippen molar-refractivity contribution >= 4 is 21.7 Å². The maximum atomic E-state index is 12.6.